The van der Waals surface area contributed by atoms with Crippen molar-refractivity contribution in [2.75, 3.05) is 0 Å². The maximum atomic E-state index is 13.4. The molecule has 14 nitrogen and oxygen atoms in total. The van der Waals surface area contributed by atoms with E-state index in [1.807, 2.05) is 6.92 Å². The molecule has 7 rings (SSSR count). The number of aliphatic carboxylic acids is 2. The van der Waals surface area contributed by atoms with Gasteiger partial charge in [-0.1, -0.05) is 53.2 Å². The summed E-state index contributed by atoms with van der Waals surface area (Å²) in [6, 6.07) is 0. The van der Waals surface area contributed by atoms with E-state index < -0.39 is 90.3 Å². The fourth-order valence-electron chi connectivity index (χ4n) is 13.5. The Kier molecular flexibility index (Phi) is 10.6. The highest BCUT2D eigenvalue weighted by Gasteiger charge is 2.70. The number of aldehydes is 1. The Morgan fingerprint density at radius 2 is 1.43 bits per heavy atom. The molecule has 6 fully saturated rings. The summed E-state index contributed by atoms with van der Waals surface area (Å²) in [7, 11) is 0. The second kappa shape index (κ2) is 14.0. The highest BCUT2D eigenvalue weighted by atomic mass is 16.7. The number of carbonyl (C=O) groups excluding carboxylic acids is 1. The van der Waals surface area contributed by atoms with Crippen LogP contribution in [0, 0.1) is 50.2 Å². The fraction of sp³-hybridized carbons (Fsp3) is 0.881. The number of aliphatic hydroxyl groups is 5. The van der Waals surface area contributed by atoms with E-state index >= 15 is 0 Å². The number of hydrogen-bond donors (Lipinski definition) is 7. The molecule has 0 aromatic rings. The van der Waals surface area contributed by atoms with E-state index in [-0.39, 0.29) is 39.4 Å². The summed E-state index contributed by atoms with van der Waals surface area (Å²) in [4.78, 5) is 38.8. The van der Waals surface area contributed by atoms with Gasteiger partial charge in [-0.15, -0.1) is 0 Å². The van der Waals surface area contributed by atoms with Crippen molar-refractivity contribution in [2.45, 2.75) is 180 Å². The highest BCUT2D eigenvalue weighted by Crippen LogP contribution is 2.75. The topological polar surface area (TPSA) is 230 Å². The Morgan fingerprint density at radius 1 is 0.768 bits per heavy atom. The molecular weight excluding hydrogens is 728 g/mol. The summed E-state index contributed by atoms with van der Waals surface area (Å²) in [5.74, 6) is -2.21. The molecular formula is C42H64O14. The lowest BCUT2D eigenvalue weighted by atomic mass is 9.33. The van der Waals surface area contributed by atoms with Crippen LogP contribution in [0.5, 0.6) is 0 Å². The first-order valence-electron chi connectivity index (χ1n) is 20.7. The molecule has 0 amide bonds. The maximum Gasteiger partial charge on any atom is 0.335 e. The van der Waals surface area contributed by atoms with E-state index in [1.54, 1.807) is 0 Å². The van der Waals surface area contributed by atoms with E-state index in [0.717, 1.165) is 38.4 Å². The second-order valence-electron chi connectivity index (χ2n) is 20.4. The summed E-state index contributed by atoms with van der Waals surface area (Å²) in [6.07, 6.45) is -6.80. The highest BCUT2D eigenvalue weighted by molar-refractivity contribution is 5.76. The molecule has 0 aromatic heterocycles. The van der Waals surface area contributed by atoms with Gasteiger partial charge >= 0.3 is 11.9 Å². The minimum atomic E-state index is -1.94. The van der Waals surface area contributed by atoms with Crippen molar-refractivity contribution in [3.63, 3.8) is 0 Å². The van der Waals surface area contributed by atoms with Gasteiger partial charge in [0, 0.05) is 0 Å². The van der Waals surface area contributed by atoms with Crippen molar-refractivity contribution in [1.29, 1.82) is 0 Å². The van der Waals surface area contributed by atoms with Crippen LogP contribution in [0.15, 0.2) is 11.6 Å². The monoisotopic (exact) mass is 792 g/mol. The number of hydrogen-bond acceptors (Lipinski definition) is 12. The molecule has 2 heterocycles. The normalized spacial score (nSPS) is 54.0. The van der Waals surface area contributed by atoms with Gasteiger partial charge in [0.05, 0.1) is 23.0 Å². The molecule has 14 heteroatoms. The number of fused-ring (bicyclic) bond motifs is 7. The number of rotatable bonds is 7. The molecule has 2 saturated heterocycles. The van der Waals surface area contributed by atoms with Crippen LogP contribution >= 0.6 is 0 Å². The van der Waals surface area contributed by atoms with Crippen LogP contribution in [0.4, 0.5) is 0 Å². The average Bonchev–Trinajstić information content (AvgIpc) is 3.13. The quantitative estimate of drug-likeness (QED) is 0.112. The van der Waals surface area contributed by atoms with Gasteiger partial charge in [-0.3, -0.25) is 4.79 Å². The van der Waals surface area contributed by atoms with Gasteiger partial charge in [0.2, 0.25) is 0 Å². The zero-order valence-corrected chi connectivity index (χ0v) is 33.8. The third-order valence-electron chi connectivity index (χ3n) is 17.2. The Balaban J connectivity index is 1.15. The number of ether oxygens (including phenoxy) is 4. The van der Waals surface area contributed by atoms with Gasteiger partial charge in [0.15, 0.2) is 18.7 Å². The zero-order valence-electron chi connectivity index (χ0n) is 33.8. The molecule has 2 aliphatic heterocycles. The summed E-state index contributed by atoms with van der Waals surface area (Å²) in [6.45, 7) is 14.8. The van der Waals surface area contributed by atoms with Gasteiger partial charge in [0.1, 0.15) is 42.9 Å². The van der Waals surface area contributed by atoms with Crippen molar-refractivity contribution in [3.8, 4) is 0 Å². The molecule has 0 bridgehead atoms. The third-order valence-corrected chi connectivity index (χ3v) is 17.2. The molecule has 56 heavy (non-hydrogen) atoms. The average molecular weight is 793 g/mol. The van der Waals surface area contributed by atoms with Crippen molar-refractivity contribution in [2.24, 2.45) is 50.2 Å². The molecule has 5 aliphatic carbocycles. The van der Waals surface area contributed by atoms with Crippen LogP contribution in [0.25, 0.3) is 0 Å². The summed E-state index contributed by atoms with van der Waals surface area (Å²) >= 11 is 0. The van der Waals surface area contributed by atoms with Crippen molar-refractivity contribution in [1.82, 2.24) is 0 Å². The first-order chi connectivity index (χ1) is 26.0. The van der Waals surface area contributed by atoms with Gasteiger partial charge < -0.3 is 59.5 Å². The van der Waals surface area contributed by atoms with Crippen molar-refractivity contribution in [3.05, 3.63) is 11.6 Å². The minimum absolute atomic E-state index is 0.0222. The lowest BCUT2D eigenvalue weighted by Gasteiger charge is -2.71. The third kappa shape index (κ3) is 6.01. The van der Waals surface area contributed by atoms with E-state index in [4.69, 9.17) is 18.9 Å². The zero-order chi connectivity index (χ0) is 41.1. The first kappa shape index (κ1) is 42.1. The number of carboxylic acid groups (broad SMARTS) is 2. The summed E-state index contributed by atoms with van der Waals surface area (Å²) in [5, 5.41) is 74.3. The number of carboxylic acids is 2. The summed E-state index contributed by atoms with van der Waals surface area (Å²) < 4.78 is 23.4. The van der Waals surface area contributed by atoms with Crippen molar-refractivity contribution >= 4 is 18.2 Å². The Bertz CT molecular complexity index is 1600. The number of allylic oxidation sites excluding steroid dienone is 2. The van der Waals surface area contributed by atoms with Gasteiger partial charge in [-0.25, -0.2) is 4.79 Å². The molecule has 19 atom stereocenters. The Hall–Kier alpha value is -2.01. The largest absolute Gasteiger partial charge is 0.481 e. The molecule has 7 N–H and O–H groups in total. The van der Waals surface area contributed by atoms with Crippen LogP contribution < -0.4 is 0 Å². The lowest BCUT2D eigenvalue weighted by Crippen LogP contribution is -2.67. The molecule has 4 saturated carbocycles. The van der Waals surface area contributed by atoms with Gasteiger partial charge in [0.25, 0.3) is 0 Å². The molecule has 0 radical (unpaired) electrons. The van der Waals surface area contributed by atoms with Crippen LogP contribution in [0.1, 0.15) is 113 Å². The lowest BCUT2D eigenvalue weighted by molar-refractivity contribution is -0.362. The predicted octanol–water partition coefficient (Wildman–Crippen LogP) is 3.18. The molecule has 316 valence electrons. The molecule has 0 spiro atoms. The summed E-state index contributed by atoms with van der Waals surface area (Å²) in [5.41, 5.74) is -1.14. The number of aliphatic hydroxyl groups excluding tert-OH is 5. The van der Waals surface area contributed by atoms with Crippen LogP contribution in [-0.2, 0) is 33.3 Å². The van der Waals surface area contributed by atoms with Crippen molar-refractivity contribution < 1.29 is 69.1 Å². The number of carbonyl (C=O) groups is 3. The van der Waals surface area contributed by atoms with Crippen LogP contribution in [0.2, 0.25) is 0 Å². The Labute approximate surface area is 328 Å². The van der Waals surface area contributed by atoms with Gasteiger partial charge in [-0.2, -0.15) is 0 Å². The standard InChI is InChI=1S/C42H64O14/c1-20-26(44)27(45)28(46)34(53-20)55-31-29(47)32(33(49)50)56-35(30(31)48)54-25-11-12-38(4)23(39(25,5)19-43)10-13-41(7)24(38)9-8-21-22-18-37(2,3)14-16-42(22,36(51)52)17-15-40(21,41)6/h8,19-20,22-32,34-35,44-48H,9-18H2,1-7H3,(H,49,50)(H,51,52)/t20-,22-,23+,24+,25-,26-,27+,28+,29-,30+,31-,32-,34-,35+,38-,39-,40+,41+,42-/m0/s1. The van der Waals surface area contributed by atoms with E-state index in [2.05, 4.69) is 40.7 Å². The molecule has 7 aliphatic rings. The fourth-order valence-corrected chi connectivity index (χ4v) is 13.5. The second-order valence-corrected chi connectivity index (χ2v) is 20.4. The van der Waals surface area contributed by atoms with E-state index in [1.165, 1.54) is 12.5 Å². The minimum Gasteiger partial charge on any atom is -0.481 e. The maximum absolute atomic E-state index is 13.4. The Morgan fingerprint density at radius 3 is 2.07 bits per heavy atom. The molecule has 0 unspecified atom stereocenters. The smallest absolute Gasteiger partial charge is 0.335 e. The molecule has 0 aromatic carbocycles. The SMILES string of the molecule is C[C@@H]1O[C@@H](O[C@@H]2[C@@H](O)[C@H](O[C@H]3CC[C@]4(C)[C@H]5CC=C6[C@@H]7CC(C)(C)CC[C@]7(C(=O)O)CC[C@@]6(C)[C@]5(C)CC[C@H]4[C@]3(C)C=O)O[C@H](C(=O)O)[C@H]2O)[C@H](O)[C@H](O)[C@H]1O. The van der Waals surface area contributed by atoms with Crippen LogP contribution in [0.3, 0.4) is 0 Å². The van der Waals surface area contributed by atoms with E-state index in [0.29, 0.717) is 32.1 Å². The first-order valence-corrected chi connectivity index (χ1v) is 20.7. The van der Waals surface area contributed by atoms with Gasteiger partial charge in [-0.05, 0) is 111 Å². The van der Waals surface area contributed by atoms with Crippen LogP contribution in [-0.4, -0.2) is 121 Å². The predicted molar refractivity (Wildman–Crippen MR) is 197 cm³/mol. The van der Waals surface area contributed by atoms with E-state index in [9.17, 15) is 50.1 Å².